The largest absolute Gasteiger partial charge is 0.456 e. The van der Waals surface area contributed by atoms with Crippen LogP contribution in [0, 0.1) is 0 Å². The Morgan fingerprint density at radius 3 is 1.88 bits per heavy atom. The van der Waals surface area contributed by atoms with Crippen molar-refractivity contribution < 1.29 is 9.15 Å². The molecule has 0 radical (unpaired) electrons. The Morgan fingerprint density at radius 1 is 0.367 bits per heavy atom. The molecule has 10 rings (SSSR count). The number of rotatable bonds is 5. The van der Waals surface area contributed by atoms with Gasteiger partial charge in [-0.05, 0) is 82.4 Å². The molecule has 1 aliphatic rings. The molecule has 1 aromatic heterocycles. The molecule has 1 aliphatic heterocycles. The fourth-order valence-electron chi connectivity index (χ4n) is 7.36. The number of fused-ring (bicyclic) bond motifs is 5. The van der Waals surface area contributed by atoms with Gasteiger partial charge in [0.05, 0.1) is 5.69 Å². The van der Waals surface area contributed by atoms with Crippen LogP contribution in [0.1, 0.15) is 0 Å². The summed E-state index contributed by atoms with van der Waals surface area (Å²) in [4.78, 5) is 2.34. The van der Waals surface area contributed by atoms with Gasteiger partial charge in [-0.3, -0.25) is 0 Å². The maximum atomic E-state index is 6.69. The number of ether oxygens (including phenoxy) is 1. The van der Waals surface area contributed by atoms with Crippen LogP contribution in [0.3, 0.4) is 0 Å². The van der Waals surface area contributed by atoms with Crippen molar-refractivity contribution in [2.45, 2.75) is 0 Å². The molecule has 0 unspecified atom stereocenters. The Kier molecular flexibility index (Phi) is 6.18. The molecule has 9 aromatic rings. The van der Waals surface area contributed by atoms with Crippen LogP contribution < -0.4 is 9.64 Å². The standard InChI is InChI=1S/C46H29NO2/c1-3-11-30(12-4-1)32-15-9-16-34(27-32)47(35-22-24-37-36-17-7-8-20-42(36)48-45(37)29-35)41-25-26-43-46-39(18-10-19-40(41)46)38-23-21-33(28-44(38)49-43)31-13-5-2-6-14-31/h1-29H. The highest BCUT2D eigenvalue weighted by atomic mass is 16.5. The lowest BCUT2D eigenvalue weighted by molar-refractivity contribution is 0.487. The van der Waals surface area contributed by atoms with Gasteiger partial charge in [0.15, 0.2) is 0 Å². The molecule has 0 aliphatic carbocycles. The van der Waals surface area contributed by atoms with Crippen molar-refractivity contribution in [3.05, 3.63) is 176 Å². The smallest absolute Gasteiger partial charge is 0.137 e. The minimum absolute atomic E-state index is 0.858. The van der Waals surface area contributed by atoms with E-state index in [0.717, 1.165) is 78.0 Å². The van der Waals surface area contributed by atoms with Gasteiger partial charge in [0.1, 0.15) is 22.7 Å². The summed E-state index contributed by atoms with van der Waals surface area (Å²) in [7, 11) is 0. The van der Waals surface area contributed by atoms with Gasteiger partial charge in [-0.2, -0.15) is 0 Å². The molecule has 0 N–H and O–H groups in total. The van der Waals surface area contributed by atoms with Gasteiger partial charge in [0.25, 0.3) is 0 Å². The van der Waals surface area contributed by atoms with Crippen LogP contribution >= 0.6 is 0 Å². The Balaban J connectivity index is 1.18. The van der Waals surface area contributed by atoms with Gasteiger partial charge in [0.2, 0.25) is 0 Å². The zero-order valence-electron chi connectivity index (χ0n) is 26.5. The van der Waals surface area contributed by atoms with Crippen LogP contribution in [0.4, 0.5) is 17.1 Å². The zero-order chi connectivity index (χ0) is 32.3. The monoisotopic (exact) mass is 627 g/mol. The molecule has 3 heteroatoms. The maximum absolute atomic E-state index is 6.69. The molecule has 0 saturated carbocycles. The molecule has 230 valence electrons. The third-order valence-corrected chi connectivity index (χ3v) is 9.65. The Bertz CT molecular complexity index is 2690. The first kappa shape index (κ1) is 27.5. The number of hydrogen-bond donors (Lipinski definition) is 0. The van der Waals surface area contributed by atoms with Crippen molar-refractivity contribution in [3.8, 4) is 44.9 Å². The molecule has 0 saturated heterocycles. The Labute approximate surface area is 283 Å². The summed E-state index contributed by atoms with van der Waals surface area (Å²) in [5.74, 6) is 1.73. The lowest BCUT2D eigenvalue weighted by Gasteiger charge is -2.29. The van der Waals surface area contributed by atoms with Crippen LogP contribution in [0.2, 0.25) is 0 Å². The SMILES string of the molecule is c1ccc(-c2cccc(N(c3ccc4c(c3)oc3ccccc34)c3ccc4c5c(cccc35)-c3ccc(-c5ccccc5)cc3O4)c2)cc1. The number of para-hydroxylation sites is 1. The van der Waals surface area contributed by atoms with Crippen LogP contribution in [-0.2, 0) is 0 Å². The van der Waals surface area contributed by atoms with Gasteiger partial charge in [-0.15, -0.1) is 0 Å². The summed E-state index contributed by atoms with van der Waals surface area (Å²) in [5.41, 5.74) is 11.8. The minimum atomic E-state index is 0.858. The number of furan rings is 1. The van der Waals surface area contributed by atoms with Gasteiger partial charge in [-0.1, -0.05) is 115 Å². The quantitative estimate of drug-likeness (QED) is 0.190. The molecule has 49 heavy (non-hydrogen) atoms. The molecule has 2 heterocycles. The highest BCUT2D eigenvalue weighted by molar-refractivity contribution is 6.12. The Hall–Kier alpha value is -6.58. The minimum Gasteiger partial charge on any atom is -0.456 e. The summed E-state index contributed by atoms with van der Waals surface area (Å²) in [6, 6.07) is 61.9. The zero-order valence-corrected chi connectivity index (χ0v) is 26.5. The number of hydrogen-bond acceptors (Lipinski definition) is 3. The van der Waals surface area contributed by atoms with Crippen molar-refractivity contribution in [3.63, 3.8) is 0 Å². The molecule has 0 fully saturated rings. The van der Waals surface area contributed by atoms with E-state index < -0.39 is 0 Å². The first-order chi connectivity index (χ1) is 24.3. The summed E-state index contributed by atoms with van der Waals surface area (Å²) >= 11 is 0. The van der Waals surface area contributed by atoms with Crippen molar-refractivity contribution in [1.29, 1.82) is 0 Å². The normalized spacial score (nSPS) is 11.8. The van der Waals surface area contributed by atoms with Crippen LogP contribution in [0.5, 0.6) is 11.5 Å². The van der Waals surface area contributed by atoms with E-state index in [-0.39, 0.29) is 0 Å². The molecule has 0 bridgehead atoms. The second kappa shape index (κ2) is 11.0. The number of anilines is 3. The van der Waals surface area contributed by atoms with E-state index in [9.17, 15) is 0 Å². The summed E-state index contributed by atoms with van der Waals surface area (Å²) < 4.78 is 13.1. The van der Waals surface area contributed by atoms with E-state index in [4.69, 9.17) is 9.15 Å². The Morgan fingerprint density at radius 2 is 1.04 bits per heavy atom. The molecule has 0 spiro atoms. The van der Waals surface area contributed by atoms with Crippen LogP contribution in [-0.4, -0.2) is 0 Å². The second-order valence-electron chi connectivity index (χ2n) is 12.5. The summed E-state index contributed by atoms with van der Waals surface area (Å²) in [6.07, 6.45) is 0. The van der Waals surface area contributed by atoms with E-state index in [2.05, 4.69) is 163 Å². The van der Waals surface area contributed by atoms with Crippen LogP contribution in [0.15, 0.2) is 180 Å². The molecular formula is C46H29NO2. The molecule has 3 nitrogen and oxygen atoms in total. The van der Waals surface area contributed by atoms with E-state index in [0.29, 0.717) is 0 Å². The second-order valence-corrected chi connectivity index (χ2v) is 12.5. The first-order valence-corrected chi connectivity index (χ1v) is 16.6. The predicted molar refractivity (Wildman–Crippen MR) is 202 cm³/mol. The summed E-state index contributed by atoms with van der Waals surface area (Å²) in [6.45, 7) is 0. The van der Waals surface area contributed by atoms with E-state index in [1.54, 1.807) is 0 Å². The molecular weight excluding hydrogens is 599 g/mol. The van der Waals surface area contributed by atoms with Gasteiger partial charge >= 0.3 is 0 Å². The van der Waals surface area contributed by atoms with E-state index in [1.807, 2.05) is 18.2 Å². The van der Waals surface area contributed by atoms with Gasteiger partial charge in [-0.25, -0.2) is 0 Å². The highest BCUT2D eigenvalue weighted by Gasteiger charge is 2.25. The average Bonchev–Trinajstić information content (AvgIpc) is 3.54. The van der Waals surface area contributed by atoms with Crippen molar-refractivity contribution in [2.75, 3.05) is 4.90 Å². The third kappa shape index (κ3) is 4.51. The summed E-state index contributed by atoms with van der Waals surface area (Å²) in [5, 5.41) is 4.44. The number of benzene rings is 8. The molecule has 0 amide bonds. The van der Waals surface area contributed by atoms with Crippen molar-refractivity contribution in [1.82, 2.24) is 0 Å². The average molecular weight is 628 g/mol. The predicted octanol–water partition coefficient (Wildman–Crippen LogP) is 13.3. The first-order valence-electron chi connectivity index (χ1n) is 16.6. The third-order valence-electron chi connectivity index (χ3n) is 9.65. The lowest BCUT2D eigenvalue weighted by atomic mass is 9.92. The fraction of sp³-hybridized carbons (Fsp3) is 0. The maximum Gasteiger partial charge on any atom is 0.137 e. The fourth-order valence-corrected chi connectivity index (χ4v) is 7.36. The van der Waals surface area contributed by atoms with E-state index in [1.165, 1.54) is 16.7 Å². The lowest BCUT2D eigenvalue weighted by Crippen LogP contribution is -2.11. The van der Waals surface area contributed by atoms with Crippen molar-refractivity contribution in [2.24, 2.45) is 0 Å². The molecule has 8 aromatic carbocycles. The van der Waals surface area contributed by atoms with Crippen LogP contribution in [0.25, 0.3) is 66.1 Å². The highest BCUT2D eigenvalue weighted by Crippen LogP contribution is 2.51. The topological polar surface area (TPSA) is 25.6 Å². The van der Waals surface area contributed by atoms with Gasteiger partial charge < -0.3 is 14.1 Å². The van der Waals surface area contributed by atoms with E-state index >= 15 is 0 Å². The van der Waals surface area contributed by atoms with Gasteiger partial charge in [0, 0.05) is 44.5 Å². The number of nitrogens with zero attached hydrogens (tertiary/aromatic N) is 1. The van der Waals surface area contributed by atoms with Crippen molar-refractivity contribution >= 4 is 49.8 Å². The molecule has 0 atom stereocenters.